The van der Waals surface area contributed by atoms with Crippen molar-refractivity contribution in [2.24, 2.45) is 0 Å². The van der Waals surface area contributed by atoms with Crippen molar-refractivity contribution in [2.75, 3.05) is 33.2 Å². The van der Waals surface area contributed by atoms with Gasteiger partial charge in [-0.05, 0) is 36.2 Å². The average Bonchev–Trinajstić information content (AvgIpc) is 3.10. The van der Waals surface area contributed by atoms with E-state index >= 15 is 0 Å². The lowest BCUT2D eigenvalue weighted by atomic mass is 10.1. The monoisotopic (exact) mass is 458 g/mol. The van der Waals surface area contributed by atoms with Crippen molar-refractivity contribution < 1.29 is 14.2 Å². The topological polar surface area (TPSA) is 77.5 Å². The van der Waals surface area contributed by atoms with E-state index in [1.807, 2.05) is 12.1 Å². The van der Waals surface area contributed by atoms with Gasteiger partial charge in [-0.1, -0.05) is 0 Å². The second-order valence-corrected chi connectivity index (χ2v) is 7.30. The molecule has 7 nitrogen and oxygen atoms in total. The van der Waals surface area contributed by atoms with Crippen LogP contribution in [0.2, 0.25) is 0 Å². The molecular weight excluding hydrogens is 435 g/mol. The first-order chi connectivity index (χ1) is 13.2. The summed E-state index contributed by atoms with van der Waals surface area (Å²) >= 11 is 1.74. The normalized spacial score (nSPS) is 12.4. The Morgan fingerprint density at radius 3 is 2.45 bits per heavy atom. The number of nitrogens with one attached hydrogen (secondary N) is 2. The summed E-state index contributed by atoms with van der Waals surface area (Å²) in [5.41, 5.74) is 2.38. The third-order valence-corrected chi connectivity index (χ3v) is 5.83. The van der Waals surface area contributed by atoms with Crippen molar-refractivity contribution >= 4 is 52.2 Å². The van der Waals surface area contributed by atoms with Crippen LogP contribution in [0.5, 0.6) is 17.2 Å². The first kappa shape index (κ1) is 23.3. The number of methoxy groups -OCH3 is 3. The van der Waals surface area contributed by atoms with Crippen LogP contribution in [0.4, 0.5) is 5.82 Å². The number of rotatable bonds is 6. The molecule has 0 amide bonds. The predicted octanol–water partition coefficient (Wildman–Crippen LogP) is 3.82. The summed E-state index contributed by atoms with van der Waals surface area (Å²) in [7, 11) is 4.84. The Balaban J connectivity index is 0.00000150. The van der Waals surface area contributed by atoms with Gasteiger partial charge in [0.2, 0.25) is 5.75 Å². The molecule has 0 unspecified atom stereocenters. The number of fused-ring (bicyclic) bond motifs is 3. The molecule has 1 aliphatic heterocycles. The average molecular weight is 459 g/mol. The predicted molar refractivity (Wildman–Crippen MR) is 121 cm³/mol. The summed E-state index contributed by atoms with van der Waals surface area (Å²) in [6.45, 7) is 2.48. The van der Waals surface area contributed by atoms with E-state index in [9.17, 15) is 0 Å². The van der Waals surface area contributed by atoms with Gasteiger partial charge in [0.1, 0.15) is 17.0 Å². The number of hydrogen-bond acceptors (Lipinski definition) is 8. The lowest BCUT2D eigenvalue weighted by Gasteiger charge is -2.15. The van der Waals surface area contributed by atoms with Gasteiger partial charge in [0.25, 0.3) is 0 Å². The SMILES string of the molecule is COc1cc(CNc2ncnc3sc4c(c23)CCNC4)cc(OC)c1OC.Cl.Cl. The van der Waals surface area contributed by atoms with Crippen molar-refractivity contribution in [3.05, 3.63) is 34.5 Å². The molecule has 158 valence electrons. The van der Waals surface area contributed by atoms with Crippen LogP contribution in [0.3, 0.4) is 0 Å². The number of hydrogen-bond donors (Lipinski definition) is 2. The number of aromatic nitrogens is 2. The molecule has 2 N–H and O–H groups in total. The molecule has 0 saturated heterocycles. The van der Waals surface area contributed by atoms with Gasteiger partial charge >= 0.3 is 0 Å². The maximum atomic E-state index is 5.44. The maximum Gasteiger partial charge on any atom is 0.203 e. The summed E-state index contributed by atoms with van der Waals surface area (Å²) in [5, 5.41) is 8.03. The standard InChI is InChI=1S/C19H22N4O3S.2ClH/c1-24-13-6-11(7-14(25-2)17(13)26-3)8-21-18-16-12-4-5-20-9-15(12)27-19(16)23-10-22-18;;/h6-7,10,20H,4-5,8-9H2,1-3H3,(H,21,22,23);2*1H. The van der Waals surface area contributed by atoms with E-state index < -0.39 is 0 Å². The number of ether oxygens (including phenoxy) is 3. The molecule has 0 aliphatic carbocycles. The van der Waals surface area contributed by atoms with Crippen LogP contribution in [0, 0.1) is 0 Å². The van der Waals surface area contributed by atoms with E-state index in [2.05, 4.69) is 20.6 Å². The number of halogens is 2. The molecule has 3 aromatic rings. The molecule has 29 heavy (non-hydrogen) atoms. The zero-order chi connectivity index (χ0) is 18.8. The Hall–Kier alpha value is -2.00. The number of anilines is 1. The molecule has 2 aromatic heterocycles. The van der Waals surface area contributed by atoms with E-state index in [4.69, 9.17) is 14.2 Å². The van der Waals surface area contributed by atoms with Crippen molar-refractivity contribution in [3.63, 3.8) is 0 Å². The van der Waals surface area contributed by atoms with E-state index in [1.165, 1.54) is 10.4 Å². The lowest BCUT2D eigenvalue weighted by molar-refractivity contribution is 0.324. The molecule has 0 fully saturated rings. The third kappa shape index (κ3) is 4.45. The Labute approximate surface area is 186 Å². The van der Waals surface area contributed by atoms with Crippen LogP contribution >= 0.6 is 36.2 Å². The molecule has 4 rings (SSSR count). The minimum absolute atomic E-state index is 0. The first-order valence-corrected chi connectivity index (χ1v) is 9.55. The quantitative estimate of drug-likeness (QED) is 0.581. The van der Waals surface area contributed by atoms with Crippen LogP contribution in [-0.2, 0) is 19.5 Å². The fraction of sp³-hybridized carbons (Fsp3) is 0.368. The number of thiophene rings is 1. The van der Waals surface area contributed by atoms with Crippen LogP contribution in [-0.4, -0.2) is 37.8 Å². The molecule has 0 spiro atoms. The highest BCUT2D eigenvalue weighted by atomic mass is 35.5. The van der Waals surface area contributed by atoms with E-state index in [0.29, 0.717) is 23.8 Å². The minimum Gasteiger partial charge on any atom is -0.493 e. The van der Waals surface area contributed by atoms with Gasteiger partial charge in [-0.3, -0.25) is 0 Å². The smallest absolute Gasteiger partial charge is 0.203 e. The van der Waals surface area contributed by atoms with Gasteiger partial charge in [0, 0.05) is 18.0 Å². The third-order valence-electron chi connectivity index (χ3n) is 4.69. The fourth-order valence-electron chi connectivity index (χ4n) is 3.42. The van der Waals surface area contributed by atoms with Gasteiger partial charge in [0.05, 0.1) is 26.7 Å². The summed E-state index contributed by atoms with van der Waals surface area (Å²) < 4.78 is 16.3. The van der Waals surface area contributed by atoms with E-state index in [-0.39, 0.29) is 24.8 Å². The zero-order valence-corrected chi connectivity index (χ0v) is 18.9. The second kappa shape index (κ2) is 10.2. The maximum absolute atomic E-state index is 5.44. The molecule has 10 heteroatoms. The molecule has 3 heterocycles. The van der Waals surface area contributed by atoms with Crippen LogP contribution in [0.15, 0.2) is 18.5 Å². The van der Waals surface area contributed by atoms with Gasteiger partial charge < -0.3 is 24.8 Å². The lowest BCUT2D eigenvalue weighted by Crippen LogP contribution is -2.22. The minimum atomic E-state index is 0. The van der Waals surface area contributed by atoms with Gasteiger partial charge in [-0.2, -0.15) is 0 Å². The van der Waals surface area contributed by atoms with Crippen molar-refractivity contribution in [3.8, 4) is 17.2 Å². The van der Waals surface area contributed by atoms with Crippen molar-refractivity contribution in [2.45, 2.75) is 19.5 Å². The second-order valence-electron chi connectivity index (χ2n) is 6.22. The number of nitrogens with zero attached hydrogens (tertiary/aromatic N) is 2. The van der Waals surface area contributed by atoms with Gasteiger partial charge in [-0.15, -0.1) is 36.2 Å². The summed E-state index contributed by atoms with van der Waals surface area (Å²) in [5.74, 6) is 2.74. The molecule has 1 aromatic carbocycles. The summed E-state index contributed by atoms with van der Waals surface area (Å²) in [6, 6.07) is 3.89. The zero-order valence-electron chi connectivity index (χ0n) is 16.4. The molecule has 1 aliphatic rings. The van der Waals surface area contributed by atoms with Gasteiger partial charge in [0.15, 0.2) is 11.5 Å². The molecule has 0 radical (unpaired) electrons. The van der Waals surface area contributed by atoms with Crippen LogP contribution in [0.1, 0.15) is 16.0 Å². The number of benzene rings is 1. The Kier molecular flexibility index (Phi) is 8.15. The van der Waals surface area contributed by atoms with Crippen molar-refractivity contribution in [1.29, 1.82) is 0 Å². The Morgan fingerprint density at radius 2 is 1.79 bits per heavy atom. The Morgan fingerprint density at radius 1 is 1.07 bits per heavy atom. The highest BCUT2D eigenvalue weighted by molar-refractivity contribution is 7.19. The highest BCUT2D eigenvalue weighted by Gasteiger charge is 2.20. The van der Waals surface area contributed by atoms with Gasteiger partial charge in [-0.25, -0.2) is 9.97 Å². The van der Waals surface area contributed by atoms with Crippen LogP contribution < -0.4 is 24.8 Å². The summed E-state index contributed by atoms with van der Waals surface area (Å²) in [4.78, 5) is 11.3. The van der Waals surface area contributed by atoms with Crippen LogP contribution in [0.25, 0.3) is 10.2 Å². The first-order valence-electron chi connectivity index (χ1n) is 8.73. The molecule has 0 atom stereocenters. The highest BCUT2D eigenvalue weighted by Crippen LogP contribution is 2.39. The van der Waals surface area contributed by atoms with Crippen molar-refractivity contribution in [1.82, 2.24) is 15.3 Å². The fourth-order valence-corrected chi connectivity index (χ4v) is 4.57. The largest absolute Gasteiger partial charge is 0.493 e. The molecule has 0 bridgehead atoms. The Bertz CT molecular complexity index is 958. The molecule has 0 saturated carbocycles. The van der Waals surface area contributed by atoms with E-state index in [0.717, 1.165) is 41.1 Å². The summed E-state index contributed by atoms with van der Waals surface area (Å²) in [6.07, 6.45) is 2.62. The van der Waals surface area contributed by atoms with E-state index in [1.54, 1.807) is 39.0 Å². The molecular formula is C19H24Cl2N4O3S.